The van der Waals surface area contributed by atoms with Crippen molar-refractivity contribution in [1.82, 2.24) is 15.0 Å². The number of carbonyl (C=O) groups is 1. The van der Waals surface area contributed by atoms with E-state index in [-0.39, 0.29) is 12.1 Å². The van der Waals surface area contributed by atoms with Gasteiger partial charge in [0.05, 0.1) is 37.7 Å². The van der Waals surface area contributed by atoms with Crippen LogP contribution in [0.2, 0.25) is 0 Å². The van der Waals surface area contributed by atoms with E-state index in [1.165, 1.54) is 11.3 Å². The first-order chi connectivity index (χ1) is 16.5. The van der Waals surface area contributed by atoms with Crippen LogP contribution in [-0.2, 0) is 9.57 Å². The number of hydrogen-bond donors (Lipinski definition) is 2. The standard InChI is InChI=1S/C22H25N7O4S/c1-13-11-24-19(32-13)16-12-34-20-17(16)18(26-21(23)27-20)28-7-9-29(10-8-28)33-22(30)25-14-3-5-15(31-2)6-4-14/h3-6,12-13H,7-11H2,1-2H3,(H,25,30)(H2,23,26,27). The van der Waals surface area contributed by atoms with Crippen molar-refractivity contribution in [2.24, 2.45) is 4.99 Å². The van der Waals surface area contributed by atoms with Crippen LogP contribution in [0.25, 0.3) is 10.2 Å². The molecule has 12 heteroatoms. The van der Waals surface area contributed by atoms with E-state index >= 15 is 0 Å². The molecule has 0 spiro atoms. The Morgan fingerprint density at radius 3 is 2.65 bits per heavy atom. The lowest BCUT2D eigenvalue weighted by atomic mass is 10.2. The molecule has 0 aliphatic carbocycles. The molecule has 0 saturated carbocycles. The van der Waals surface area contributed by atoms with Crippen molar-refractivity contribution < 1.29 is 19.1 Å². The van der Waals surface area contributed by atoms with Gasteiger partial charge in [0.25, 0.3) is 0 Å². The first kappa shape index (κ1) is 22.2. The van der Waals surface area contributed by atoms with Gasteiger partial charge in [0.2, 0.25) is 11.8 Å². The molecule has 1 atom stereocenters. The van der Waals surface area contributed by atoms with Crippen LogP contribution in [0.15, 0.2) is 34.6 Å². The molecule has 11 nitrogen and oxygen atoms in total. The Morgan fingerprint density at radius 1 is 1.21 bits per heavy atom. The number of fused-ring (bicyclic) bond motifs is 1. The third-order valence-electron chi connectivity index (χ3n) is 5.55. The van der Waals surface area contributed by atoms with Gasteiger partial charge in [-0.05, 0) is 31.2 Å². The second-order valence-electron chi connectivity index (χ2n) is 7.96. The number of nitrogens with one attached hydrogen (secondary N) is 1. The molecule has 3 aromatic rings. The van der Waals surface area contributed by atoms with Gasteiger partial charge in [-0.1, -0.05) is 0 Å². The lowest BCUT2D eigenvalue weighted by Gasteiger charge is -2.34. The second kappa shape index (κ2) is 9.31. The van der Waals surface area contributed by atoms with Gasteiger partial charge in [-0.15, -0.1) is 16.4 Å². The lowest BCUT2D eigenvalue weighted by molar-refractivity contribution is -0.0966. The summed E-state index contributed by atoms with van der Waals surface area (Å²) in [6, 6.07) is 7.04. The van der Waals surface area contributed by atoms with Crippen LogP contribution in [-0.4, -0.2) is 73.0 Å². The van der Waals surface area contributed by atoms with Gasteiger partial charge in [-0.25, -0.2) is 14.8 Å². The Morgan fingerprint density at radius 2 is 1.97 bits per heavy atom. The first-order valence-corrected chi connectivity index (χ1v) is 11.8. The molecule has 34 heavy (non-hydrogen) atoms. The summed E-state index contributed by atoms with van der Waals surface area (Å²) >= 11 is 1.49. The van der Waals surface area contributed by atoms with Crippen LogP contribution >= 0.6 is 11.3 Å². The number of aromatic nitrogens is 2. The van der Waals surface area contributed by atoms with Crippen molar-refractivity contribution in [2.45, 2.75) is 13.0 Å². The van der Waals surface area contributed by atoms with Gasteiger partial charge in [0.1, 0.15) is 22.5 Å². The summed E-state index contributed by atoms with van der Waals surface area (Å²) in [5.41, 5.74) is 7.51. The molecule has 1 amide bonds. The minimum atomic E-state index is -0.544. The molecule has 2 aliphatic rings. The smallest absolute Gasteiger partial charge is 0.430 e. The van der Waals surface area contributed by atoms with Crippen molar-refractivity contribution in [1.29, 1.82) is 0 Å². The van der Waals surface area contributed by atoms with E-state index in [1.807, 2.05) is 12.3 Å². The molecule has 2 aromatic heterocycles. The molecule has 0 bridgehead atoms. The molecule has 5 rings (SSSR count). The van der Waals surface area contributed by atoms with E-state index in [9.17, 15) is 4.79 Å². The quantitative estimate of drug-likeness (QED) is 0.563. The van der Waals surface area contributed by atoms with Crippen LogP contribution in [0.3, 0.4) is 0 Å². The molecule has 0 radical (unpaired) electrons. The van der Waals surface area contributed by atoms with Crippen molar-refractivity contribution >= 4 is 51.0 Å². The predicted molar refractivity (Wildman–Crippen MR) is 131 cm³/mol. The molecule has 2 aliphatic heterocycles. The summed E-state index contributed by atoms with van der Waals surface area (Å²) in [4.78, 5) is 34.2. The highest BCUT2D eigenvalue weighted by atomic mass is 32.1. The fourth-order valence-corrected chi connectivity index (χ4v) is 4.79. The van der Waals surface area contributed by atoms with E-state index in [0.29, 0.717) is 50.1 Å². The summed E-state index contributed by atoms with van der Waals surface area (Å²) < 4.78 is 11.0. The molecule has 3 N–H and O–H groups in total. The fraction of sp³-hybridized carbons (Fsp3) is 0.364. The number of ether oxygens (including phenoxy) is 2. The van der Waals surface area contributed by atoms with Crippen molar-refractivity contribution in [2.75, 3.05) is 55.8 Å². The van der Waals surface area contributed by atoms with Gasteiger partial charge in [-0.2, -0.15) is 4.98 Å². The average molecular weight is 484 g/mol. The van der Waals surface area contributed by atoms with Gasteiger partial charge in [0, 0.05) is 24.2 Å². The van der Waals surface area contributed by atoms with E-state index < -0.39 is 6.09 Å². The molecule has 1 fully saturated rings. The van der Waals surface area contributed by atoms with Crippen LogP contribution in [0.4, 0.5) is 22.2 Å². The van der Waals surface area contributed by atoms with E-state index in [2.05, 4.69) is 25.2 Å². The van der Waals surface area contributed by atoms with Crippen molar-refractivity contribution in [3.05, 3.63) is 35.2 Å². The van der Waals surface area contributed by atoms with Crippen LogP contribution in [0.1, 0.15) is 12.5 Å². The maximum absolute atomic E-state index is 12.3. The molecule has 1 unspecified atom stereocenters. The van der Waals surface area contributed by atoms with E-state index in [1.54, 1.807) is 36.4 Å². The Balaban J connectivity index is 1.26. The zero-order valence-electron chi connectivity index (χ0n) is 18.9. The predicted octanol–water partition coefficient (Wildman–Crippen LogP) is 2.73. The number of nitrogen functional groups attached to an aromatic ring is 1. The SMILES string of the molecule is COc1ccc(NC(=O)ON2CCN(c3nc(N)nc4scc(C5=NCC(C)O5)c34)CC2)cc1. The van der Waals surface area contributed by atoms with Crippen LogP contribution < -0.4 is 20.7 Å². The Labute approximate surface area is 200 Å². The number of amides is 1. The van der Waals surface area contributed by atoms with Gasteiger partial charge in [0.15, 0.2) is 0 Å². The number of hydroxylamine groups is 2. The number of thiophene rings is 1. The Hall–Kier alpha value is -3.64. The number of rotatable bonds is 5. The summed E-state index contributed by atoms with van der Waals surface area (Å²) in [6.45, 7) is 4.84. The monoisotopic (exact) mass is 483 g/mol. The third kappa shape index (κ3) is 4.54. The largest absolute Gasteiger partial charge is 0.497 e. The summed E-state index contributed by atoms with van der Waals surface area (Å²) in [5.74, 6) is 2.29. The van der Waals surface area contributed by atoms with E-state index in [0.717, 1.165) is 21.6 Å². The number of benzene rings is 1. The molecule has 4 heterocycles. The lowest BCUT2D eigenvalue weighted by Crippen LogP contribution is -2.47. The number of hydrogen-bond acceptors (Lipinski definition) is 11. The zero-order valence-corrected chi connectivity index (χ0v) is 19.7. The maximum Gasteiger partial charge on any atom is 0.430 e. The highest BCUT2D eigenvalue weighted by molar-refractivity contribution is 7.17. The number of piperazine rings is 1. The highest BCUT2D eigenvalue weighted by Gasteiger charge is 2.28. The summed E-state index contributed by atoms with van der Waals surface area (Å²) in [6.07, 6.45) is -0.495. The zero-order chi connectivity index (χ0) is 23.7. The first-order valence-electron chi connectivity index (χ1n) is 10.9. The topological polar surface area (TPSA) is 127 Å². The highest BCUT2D eigenvalue weighted by Crippen LogP contribution is 2.34. The van der Waals surface area contributed by atoms with Crippen molar-refractivity contribution in [3.63, 3.8) is 0 Å². The molecular formula is C22H25N7O4S. The van der Waals surface area contributed by atoms with Gasteiger partial charge >= 0.3 is 6.09 Å². The molecule has 1 saturated heterocycles. The summed E-state index contributed by atoms with van der Waals surface area (Å²) in [7, 11) is 1.59. The second-order valence-corrected chi connectivity index (χ2v) is 8.82. The number of nitrogens with zero attached hydrogens (tertiary/aromatic N) is 5. The molecule has 178 valence electrons. The number of methoxy groups -OCH3 is 1. The maximum atomic E-state index is 12.3. The molecular weight excluding hydrogens is 458 g/mol. The van der Waals surface area contributed by atoms with Gasteiger partial charge in [-0.3, -0.25) is 5.32 Å². The minimum absolute atomic E-state index is 0.0489. The van der Waals surface area contributed by atoms with Gasteiger partial charge < -0.3 is 24.9 Å². The fourth-order valence-electron chi connectivity index (χ4n) is 3.87. The third-order valence-corrected chi connectivity index (χ3v) is 6.43. The number of anilines is 3. The van der Waals surface area contributed by atoms with Crippen molar-refractivity contribution in [3.8, 4) is 5.75 Å². The minimum Gasteiger partial charge on any atom is -0.497 e. The summed E-state index contributed by atoms with van der Waals surface area (Å²) in [5, 5.41) is 7.23. The molecule has 1 aromatic carbocycles. The average Bonchev–Trinajstić information content (AvgIpc) is 3.45. The number of aliphatic imine (C=N–C) groups is 1. The Kier molecular flexibility index (Phi) is 6.07. The van der Waals surface area contributed by atoms with E-state index in [4.69, 9.17) is 20.0 Å². The number of nitrogens with two attached hydrogens (primary N) is 1. The van der Waals surface area contributed by atoms with Crippen LogP contribution in [0.5, 0.6) is 5.75 Å². The Bertz CT molecular complexity index is 1220. The number of carbonyl (C=O) groups excluding carboxylic acids is 1. The normalized spacial score (nSPS) is 18.5. The van der Waals surface area contributed by atoms with Crippen LogP contribution in [0, 0.1) is 0 Å².